The van der Waals surface area contributed by atoms with Crippen molar-refractivity contribution < 1.29 is 8.83 Å². The second-order valence-corrected chi connectivity index (χ2v) is 3.28. The molecule has 4 heteroatoms. The second-order valence-electron chi connectivity index (χ2n) is 3.28. The van der Waals surface area contributed by atoms with Gasteiger partial charge in [0.25, 0.3) is 0 Å². The van der Waals surface area contributed by atoms with E-state index >= 15 is 0 Å². The largest absolute Gasteiger partial charge is 0.461 e. The monoisotopic (exact) mass is 192 g/mol. The maximum absolute atomic E-state index is 5.63. The Morgan fingerprint density at radius 3 is 2.79 bits per heavy atom. The fourth-order valence-corrected chi connectivity index (χ4v) is 1.23. The minimum atomic E-state index is -0.195. The van der Waals surface area contributed by atoms with Gasteiger partial charge in [-0.3, -0.25) is 0 Å². The number of aryl methyl sites for hydroxylation is 1. The first-order valence-corrected chi connectivity index (χ1v) is 4.44. The third-order valence-corrected chi connectivity index (χ3v) is 2.00. The Hall–Kier alpha value is -1.55. The van der Waals surface area contributed by atoms with Gasteiger partial charge in [-0.25, -0.2) is 4.98 Å². The lowest BCUT2D eigenvalue weighted by Crippen LogP contribution is -2.04. The van der Waals surface area contributed by atoms with E-state index in [4.69, 9.17) is 14.6 Å². The van der Waals surface area contributed by atoms with E-state index in [2.05, 4.69) is 4.98 Å². The highest BCUT2D eigenvalue weighted by Crippen LogP contribution is 2.25. The molecule has 1 unspecified atom stereocenters. The van der Waals surface area contributed by atoms with Crippen LogP contribution in [0, 0.1) is 6.92 Å². The molecule has 1 atom stereocenters. The molecular weight excluding hydrogens is 180 g/mol. The first-order chi connectivity index (χ1) is 6.68. The van der Waals surface area contributed by atoms with Crippen LogP contribution in [0.4, 0.5) is 0 Å². The van der Waals surface area contributed by atoms with Crippen molar-refractivity contribution in [2.24, 2.45) is 5.73 Å². The Kier molecular flexibility index (Phi) is 2.13. The van der Waals surface area contributed by atoms with E-state index in [1.54, 1.807) is 12.5 Å². The fourth-order valence-electron chi connectivity index (χ4n) is 1.23. The maximum Gasteiger partial charge on any atom is 0.211 e. The number of nitrogens with zero attached hydrogens (tertiary/aromatic N) is 1. The predicted molar refractivity (Wildman–Crippen MR) is 51.5 cm³/mol. The molecule has 0 spiro atoms. The van der Waals surface area contributed by atoms with Crippen LogP contribution in [0.15, 0.2) is 27.4 Å². The van der Waals surface area contributed by atoms with Crippen molar-refractivity contribution in [1.29, 1.82) is 0 Å². The molecule has 0 fully saturated rings. The molecule has 0 aliphatic carbocycles. The van der Waals surface area contributed by atoms with Crippen LogP contribution < -0.4 is 5.73 Å². The summed E-state index contributed by atoms with van der Waals surface area (Å²) in [5.41, 5.74) is 6.66. The van der Waals surface area contributed by atoms with Crippen molar-refractivity contribution in [3.05, 3.63) is 30.0 Å². The predicted octanol–water partition coefficient (Wildman–Crippen LogP) is 2.26. The van der Waals surface area contributed by atoms with E-state index in [0.717, 1.165) is 5.56 Å². The van der Waals surface area contributed by atoms with Gasteiger partial charge in [-0.15, -0.1) is 0 Å². The highest BCUT2D eigenvalue weighted by molar-refractivity contribution is 5.53. The summed E-state index contributed by atoms with van der Waals surface area (Å²) in [5, 5.41) is 0. The molecule has 4 nitrogen and oxygen atoms in total. The summed E-state index contributed by atoms with van der Waals surface area (Å²) < 4.78 is 10.7. The number of hydrogen-bond acceptors (Lipinski definition) is 4. The van der Waals surface area contributed by atoms with Crippen LogP contribution in [0.1, 0.15) is 24.4 Å². The van der Waals surface area contributed by atoms with Gasteiger partial charge in [-0.05, 0) is 25.5 Å². The van der Waals surface area contributed by atoms with E-state index in [1.165, 1.54) is 0 Å². The average molecular weight is 192 g/mol. The molecule has 74 valence electrons. The maximum atomic E-state index is 5.63. The molecule has 2 aromatic rings. The zero-order valence-electron chi connectivity index (χ0n) is 8.15. The van der Waals surface area contributed by atoms with Gasteiger partial charge in [0.05, 0.1) is 18.5 Å². The molecule has 14 heavy (non-hydrogen) atoms. The van der Waals surface area contributed by atoms with Gasteiger partial charge in [-0.1, -0.05) is 0 Å². The Morgan fingerprint density at radius 2 is 2.29 bits per heavy atom. The Labute approximate surface area is 81.7 Å². The molecular formula is C10H12N2O2. The number of furan rings is 1. The Bertz CT molecular complexity index is 429. The van der Waals surface area contributed by atoms with Crippen molar-refractivity contribution in [3.8, 4) is 11.5 Å². The van der Waals surface area contributed by atoms with Crippen LogP contribution in [-0.4, -0.2) is 4.98 Å². The lowest BCUT2D eigenvalue weighted by molar-refractivity contribution is 0.457. The molecule has 2 heterocycles. The highest BCUT2D eigenvalue weighted by Gasteiger charge is 2.13. The van der Waals surface area contributed by atoms with E-state index in [0.29, 0.717) is 17.4 Å². The summed E-state index contributed by atoms with van der Waals surface area (Å²) in [7, 11) is 0. The van der Waals surface area contributed by atoms with Gasteiger partial charge < -0.3 is 14.6 Å². The zero-order valence-corrected chi connectivity index (χ0v) is 8.15. The number of hydrogen-bond donors (Lipinski definition) is 1. The molecule has 0 radical (unpaired) electrons. The minimum Gasteiger partial charge on any atom is -0.461 e. The fraction of sp³-hybridized carbons (Fsp3) is 0.300. The van der Waals surface area contributed by atoms with Crippen molar-refractivity contribution in [2.75, 3.05) is 0 Å². The standard InChI is InChI=1S/C10H12N2O2/c1-6-3-4-13-9(6)8-5-12-10(14-8)7(2)11/h3-5,7H,11H2,1-2H3. The first kappa shape index (κ1) is 9.02. The molecule has 0 saturated carbocycles. The highest BCUT2D eigenvalue weighted by atomic mass is 16.4. The van der Waals surface area contributed by atoms with Crippen LogP contribution in [0.25, 0.3) is 11.5 Å². The van der Waals surface area contributed by atoms with E-state index < -0.39 is 0 Å². The van der Waals surface area contributed by atoms with E-state index in [-0.39, 0.29) is 6.04 Å². The summed E-state index contributed by atoms with van der Waals surface area (Å²) in [4.78, 5) is 4.06. The molecule has 0 bridgehead atoms. The molecule has 2 rings (SSSR count). The molecule has 0 amide bonds. The van der Waals surface area contributed by atoms with Gasteiger partial charge in [-0.2, -0.15) is 0 Å². The number of rotatable bonds is 2. The normalized spacial score (nSPS) is 13.1. The third-order valence-electron chi connectivity index (χ3n) is 2.00. The van der Waals surface area contributed by atoms with Gasteiger partial charge in [0.1, 0.15) is 0 Å². The molecule has 0 saturated heterocycles. The molecule has 2 N–H and O–H groups in total. The number of aromatic nitrogens is 1. The van der Waals surface area contributed by atoms with Crippen LogP contribution in [0.5, 0.6) is 0 Å². The van der Waals surface area contributed by atoms with Crippen LogP contribution in [0.3, 0.4) is 0 Å². The smallest absolute Gasteiger partial charge is 0.211 e. The van der Waals surface area contributed by atoms with Crippen molar-refractivity contribution in [3.63, 3.8) is 0 Å². The summed E-state index contributed by atoms with van der Waals surface area (Å²) in [6, 6.07) is 1.68. The Balaban J connectivity index is 2.39. The van der Waals surface area contributed by atoms with Crippen molar-refractivity contribution in [1.82, 2.24) is 4.98 Å². The quantitative estimate of drug-likeness (QED) is 0.792. The lowest BCUT2D eigenvalue weighted by Gasteiger charge is -1.96. The first-order valence-electron chi connectivity index (χ1n) is 4.44. The van der Waals surface area contributed by atoms with Crippen LogP contribution >= 0.6 is 0 Å². The zero-order chi connectivity index (χ0) is 10.1. The average Bonchev–Trinajstić information content (AvgIpc) is 2.71. The lowest BCUT2D eigenvalue weighted by atomic mass is 10.2. The van der Waals surface area contributed by atoms with Gasteiger partial charge in [0.15, 0.2) is 11.5 Å². The Morgan fingerprint density at radius 1 is 1.50 bits per heavy atom. The molecule has 0 aromatic carbocycles. The number of nitrogens with two attached hydrogens (primary N) is 1. The van der Waals surface area contributed by atoms with Crippen LogP contribution in [-0.2, 0) is 0 Å². The SMILES string of the molecule is Cc1ccoc1-c1cnc(C(C)N)o1. The van der Waals surface area contributed by atoms with E-state index in [9.17, 15) is 0 Å². The van der Waals surface area contributed by atoms with Gasteiger partial charge in [0.2, 0.25) is 5.89 Å². The minimum absolute atomic E-state index is 0.195. The van der Waals surface area contributed by atoms with Crippen LogP contribution in [0.2, 0.25) is 0 Å². The topological polar surface area (TPSA) is 65.2 Å². The summed E-state index contributed by atoms with van der Waals surface area (Å²) >= 11 is 0. The molecule has 0 aliphatic heterocycles. The summed E-state index contributed by atoms with van der Waals surface area (Å²) in [5.74, 6) is 1.86. The number of oxazole rings is 1. The third kappa shape index (κ3) is 1.44. The molecule has 0 aliphatic rings. The second kappa shape index (κ2) is 3.31. The van der Waals surface area contributed by atoms with Gasteiger partial charge >= 0.3 is 0 Å². The van der Waals surface area contributed by atoms with Crippen molar-refractivity contribution >= 4 is 0 Å². The van der Waals surface area contributed by atoms with E-state index in [1.807, 2.05) is 19.9 Å². The summed E-state index contributed by atoms with van der Waals surface area (Å²) in [6.07, 6.45) is 3.25. The molecule has 2 aromatic heterocycles. The summed E-state index contributed by atoms with van der Waals surface area (Å²) in [6.45, 7) is 3.78. The van der Waals surface area contributed by atoms with Crippen molar-refractivity contribution in [2.45, 2.75) is 19.9 Å². The van der Waals surface area contributed by atoms with Gasteiger partial charge in [0, 0.05) is 0 Å².